The molecule has 7 heteroatoms. The average molecular weight is 612 g/mol. The van der Waals surface area contributed by atoms with E-state index in [0.29, 0.717) is 17.5 Å². The van der Waals surface area contributed by atoms with E-state index in [1.54, 1.807) is 0 Å². The van der Waals surface area contributed by atoms with Crippen LogP contribution in [0.25, 0.3) is 5.57 Å². The van der Waals surface area contributed by atoms with Crippen molar-refractivity contribution in [1.82, 2.24) is 10.2 Å². The molecule has 3 aliphatic heterocycles. The van der Waals surface area contributed by atoms with Crippen molar-refractivity contribution in [3.8, 4) is 24.3 Å². The Labute approximate surface area is 275 Å². The first kappa shape index (κ1) is 28.7. The van der Waals surface area contributed by atoms with Gasteiger partial charge in [0.25, 0.3) is 0 Å². The Bertz CT molecular complexity index is 2070. The van der Waals surface area contributed by atoms with E-state index in [1.807, 2.05) is 36.4 Å². The highest BCUT2D eigenvalue weighted by Gasteiger charge is 2.51. The van der Waals surface area contributed by atoms with E-state index in [2.05, 4.69) is 94.9 Å². The third kappa shape index (κ3) is 4.35. The molecule has 0 fully saturated rings. The van der Waals surface area contributed by atoms with E-state index in [9.17, 15) is 21.0 Å². The smallest absolute Gasteiger partial charge is 0.121 e. The molecule has 0 radical (unpaired) electrons. The molecule has 228 valence electrons. The molecule has 3 heterocycles. The quantitative estimate of drug-likeness (QED) is 0.365. The normalized spacial score (nSPS) is 29.8. The SMILES string of the molecule is CC12C=CCCC1c1cc(C#N)ccc1N2C1=CC(c2ccccc2C#N)=CC(N2C3=C(C=C(C#N)CC3)C3CC(C#N)C=CC32)N1. The third-order valence-corrected chi connectivity index (χ3v) is 11.0. The van der Waals surface area contributed by atoms with E-state index >= 15 is 0 Å². The van der Waals surface area contributed by atoms with E-state index in [-0.39, 0.29) is 35.5 Å². The summed E-state index contributed by atoms with van der Waals surface area (Å²) in [6.45, 7) is 2.28. The summed E-state index contributed by atoms with van der Waals surface area (Å²) in [5.41, 5.74) is 8.22. The number of nitriles is 4. The van der Waals surface area contributed by atoms with Crippen molar-refractivity contribution < 1.29 is 0 Å². The van der Waals surface area contributed by atoms with Gasteiger partial charge in [-0.25, -0.2) is 0 Å². The lowest BCUT2D eigenvalue weighted by Crippen LogP contribution is -2.55. The minimum Gasteiger partial charge on any atom is -0.348 e. The third-order valence-electron chi connectivity index (χ3n) is 11.0. The molecule has 1 N–H and O–H groups in total. The fraction of sp³-hybridized carbons (Fsp3) is 0.300. The van der Waals surface area contributed by atoms with Gasteiger partial charge in [0.1, 0.15) is 12.0 Å². The Morgan fingerprint density at radius 2 is 1.83 bits per heavy atom. The minimum absolute atomic E-state index is 0.0291. The van der Waals surface area contributed by atoms with Crippen molar-refractivity contribution in [2.75, 3.05) is 4.90 Å². The first-order valence-corrected chi connectivity index (χ1v) is 16.4. The molecule has 0 amide bonds. The summed E-state index contributed by atoms with van der Waals surface area (Å²) in [7, 11) is 0. The number of anilines is 1. The maximum Gasteiger partial charge on any atom is 0.121 e. The summed E-state index contributed by atoms with van der Waals surface area (Å²) in [6.07, 6.45) is 19.2. The molecule has 8 rings (SSSR count). The van der Waals surface area contributed by atoms with Gasteiger partial charge >= 0.3 is 0 Å². The van der Waals surface area contributed by atoms with E-state index < -0.39 is 0 Å². The van der Waals surface area contributed by atoms with Gasteiger partial charge in [-0.3, -0.25) is 0 Å². The Kier molecular flexibility index (Phi) is 6.68. The number of nitrogens with zero attached hydrogens (tertiary/aromatic N) is 6. The number of nitrogens with one attached hydrogen (secondary N) is 1. The molecular weight excluding hydrogens is 578 g/mol. The van der Waals surface area contributed by atoms with E-state index in [4.69, 9.17) is 0 Å². The van der Waals surface area contributed by atoms with Gasteiger partial charge < -0.3 is 15.1 Å². The van der Waals surface area contributed by atoms with Gasteiger partial charge in [0.15, 0.2) is 0 Å². The van der Waals surface area contributed by atoms with Crippen LogP contribution < -0.4 is 10.2 Å². The predicted molar refractivity (Wildman–Crippen MR) is 179 cm³/mol. The van der Waals surface area contributed by atoms with Crippen LogP contribution in [0.15, 0.2) is 108 Å². The van der Waals surface area contributed by atoms with Crippen molar-refractivity contribution in [3.63, 3.8) is 0 Å². The number of hydrogen-bond donors (Lipinski definition) is 1. The summed E-state index contributed by atoms with van der Waals surface area (Å²) in [6, 6.07) is 23.4. The fourth-order valence-electron chi connectivity index (χ4n) is 8.86. The molecule has 6 aliphatic rings. The molecule has 47 heavy (non-hydrogen) atoms. The standard InChI is InChI=1S/C40H33N7/c1-40-15-5-4-8-34(40)33-18-27(23-43)11-14-37(33)47(40)39-20-29(30-7-3-2-6-28(30)24-44)19-38(45-39)46-35-12-9-25(21-41)16-31(35)32-17-26(22-42)10-13-36(32)46/h2-3,5-7,9,11-12,14-15,17-20,25,31,34-35,38,45H,4,8,10,13,16H2,1H3. The highest BCUT2D eigenvalue weighted by atomic mass is 15.4. The van der Waals surface area contributed by atoms with Gasteiger partial charge in [-0.15, -0.1) is 0 Å². The lowest BCUT2D eigenvalue weighted by atomic mass is 9.76. The summed E-state index contributed by atoms with van der Waals surface area (Å²) in [5, 5.41) is 43.5. The maximum atomic E-state index is 10.1. The van der Waals surface area contributed by atoms with Crippen molar-refractivity contribution in [2.45, 2.75) is 62.7 Å². The minimum atomic E-state index is -0.354. The summed E-state index contributed by atoms with van der Waals surface area (Å²) >= 11 is 0. The Balaban J connectivity index is 1.30. The van der Waals surface area contributed by atoms with Gasteiger partial charge in [-0.05, 0) is 104 Å². The Morgan fingerprint density at radius 1 is 0.957 bits per heavy atom. The summed E-state index contributed by atoms with van der Waals surface area (Å²) in [4.78, 5) is 4.86. The van der Waals surface area contributed by atoms with Crippen LogP contribution in [0.5, 0.6) is 0 Å². The second kappa shape index (κ2) is 10.9. The van der Waals surface area contributed by atoms with Crippen LogP contribution >= 0.6 is 0 Å². The number of dihydropyridines is 1. The zero-order chi connectivity index (χ0) is 32.3. The van der Waals surface area contributed by atoms with Crippen molar-refractivity contribution in [1.29, 1.82) is 21.0 Å². The van der Waals surface area contributed by atoms with E-state index in [1.165, 1.54) is 16.8 Å². The van der Waals surface area contributed by atoms with Crippen LogP contribution in [0.4, 0.5) is 5.69 Å². The van der Waals surface area contributed by atoms with Crippen molar-refractivity contribution >= 4 is 11.3 Å². The van der Waals surface area contributed by atoms with Crippen LogP contribution in [0, 0.1) is 57.2 Å². The molecule has 0 aromatic heterocycles. The predicted octanol–water partition coefficient (Wildman–Crippen LogP) is 7.19. The van der Waals surface area contributed by atoms with Crippen molar-refractivity contribution in [3.05, 3.63) is 130 Å². The molecule has 0 saturated carbocycles. The largest absolute Gasteiger partial charge is 0.348 e. The highest BCUT2D eigenvalue weighted by molar-refractivity contribution is 5.82. The monoisotopic (exact) mass is 611 g/mol. The molecule has 2 aromatic rings. The van der Waals surface area contributed by atoms with Crippen LogP contribution in [0.3, 0.4) is 0 Å². The Morgan fingerprint density at radius 3 is 2.64 bits per heavy atom. The molecule has 2 aromatic carbocycles. The van der Waals surface area contributed by atoms with Gasteiger partial charge in [0.2, 0.25) is 0 Å². The molecule has 0 saturated heterocycles. The van der Waals surface area contributed by atoms with Crippen LogP contribution in [-0.2, 0) is 0 Å². The number of benzene rings is 2. The topological polar surface area (TPSA) is 114 Å². The lowest BCUT2D eigenvalue weighted by molar-refractivity contribution is 0.199. The first-order valence-electron chi connectivity index (χ1n) is 16.4. The van der Waals surface area contributed by atoms with Gasteiger partial charge in [0.05, 0.1) is 52.9 Å². The number of fused-ring (bicyclic) bond motifs is 5. The molecule has 0 spiro atoms. The fourth-order valence-corrected chi connectivity index (χ4v) is 8.86. The number of allylic oxidation sites excluding steroid dienone is 7. The number of hydrogen-bond acceptors (Lipinski definition) is 7. The van der Waals surface area contributed by atoms with Crippen molar-refractivity contribution in [2.24, 2.45) is 11.8 Å². The van der Waals surface area contributed by atoms with Crippen LogP contribution in [-0.4, -0.2) is 22.6 Å². The average Bonchev–Trinajstić information content (AvgIpc) is 3.58. The molecular formula is C40H33N7. The zero-order valence-corrected chi connectivity index (χ0v) is 26.2. The second-order valence-corrected chi connectivity index (χ2v) is 13.4. The maximum absolute atomic E-state index is 10.1. The second-order valence-electron chi connectivity index (χ2n) is 13.4. The van der Waals surface area contributed by atoms with Gasteiger partial charge in [-0.1, -0.05) is 42.5 Å². The molecule has 6 unspecified atom stereocenters. The summed E-state index contributed by atoms with van der Waals surface area (Å²) < 4.78 is 0. The Hall–Kier alpha value is -5.76. The molecule has 3 aliphatic carbocycles. The zero-order valence-electron chi connectivity index (χ0n) is 26.2. The summed E-state index contributed by atoms with van der Waals surface area (Å²) in [5.74, 6) is 1.11. The first-order chi connectivity index (χ1) is 23.0. The molecule has 7 nitrogen and oxygen atoms in total. The lowest BCUT2D eigenvalue weighted by Gasteiger charge is -2.46. The molecule has 6 atom stereocenters. The van der Waals surface area contributed by atoms with Crippen LogP contribution in [0.2, 0.25) is 0 Å². The van der Waals surface area contributed by atoms with Gasteiger partial charge in [0, 0.05) is 28.8 Å². The number of rotatable bonds is 3. The van der Waals surface area contributed by atoms with E-state index in [0.717, 1.165) is 53.9 Å². The van der Waals surface area contributed by atoms with Crippen LogP contribution in [0.1, 0.15) is 67.2 Å². The van der Waals surface area contributed by atoms with Gasteiger partial charge in [-0.2, -0.15) is 21.0 Å². The molecule has 0 bridgehead atoms. The highest BCUT2D eigenvalue weighted by Crippen LogP contribution is 2.55.